The first-order valence-corrected chi connectivity index (χ1v) is 26.6. The van der Waals surface area contributed by atoms with E-state index in [1.807, 2.05) is 5.57 Å². The molecule has 9 unspecified atom stereocenters. The molecule has 5 aliphatic carbocycles. The van der Waals surface area contributed by atoms with E-state index in [0.717, 1.165) is 36.5 Å². The first kappa shape index (κ1) is 48.2. The largest absolute Gasteiger partial charge is 0.462 e. The molecule has 0 aliphatic heterocycles. The van der Waals surface area contributed by atoms with Gasteiger partial charge in [-0.2, -0.15) is 0 Å². The molecule has 58 heavy (non-hydrogen) atoms. The molecule has 336 valence electrons. The molecule has 0 radical (unpaired) electrons. The summed E-state index contributed by atoms with van der Waals surface area (Å²) in [5, 5.41) is 0. The zero-order valence-corrected chi connectivity index (χ0v) is 40.7. The highest BCUT2D eigenvalue weighted by atomic mass is 16.5. The van der Waals surface area contributed by atoms with E-state index >= 15 is 0 Å². The summed E-state index contributed by atoms with van der Waals surface area (Å²) >= 11 is 0. The first-order valence-electron chi connectivity index (χ1n) is 26.6. The van der Waals surface area contributed by atoms with Gasteiger partial charge in [-0.05, 0) is 115 Å². The molecule has 4 saturated carbocycles. The molecule has 0 aromatic heterocycles. The minimum Gasteiger partial charge on any atom is -0.462 e. The zero-order chi connectivity index (χ0) is 41.9. The average Bonchev–Trinajstić information content (AvgIpc) is 3.56. The molecule has 0 bridgehead atoms. The van der Waals surface area contributed by atoms with Gasteiger partial charge in [-0.25, -0.2) is 0 Å². The van der Waals surface area contributed by atoms with Crippen molar-refractivity contribution in [2.45, 2.75) is 280 Å². The van der Waals surface area contributed by atoms with Crippen molar-refractivity contribution in [1.29, 1.82) is 0 Å². The van der Waals surface area contributed by atoms with E-state index in [0.29, 0.717) is 28.6 Å². The lowest BCUT2D eigenvalue weighted by atomic mass is 9.35. The summed E-state index contributed by atoms with van der Waals surface area (Å²) in [7, 11) is 0. The number of carbonyl (C=O) groups is 1. The Bertz CT molecular complexity index is 1260. The van der Waals surface area contributed by atoms with Crippen LogP contribution in [0.1, 0.15) is 274 Å². The van der Waals surface area contributed by atoms with Gasteiger partial charge in [0.15, 0.2) is 0 Å². The zero-order valence-electron chi connectivity index (χ0n) is 40.7. The van der Waals surface area contributed by atoms with Crippen LogP contribution >= 0.6 is 0 Å². The maximum absolute atomic E-state index is 13.3. The van der Waals surface area contributed by atoms with Crippen LogP contribution in [-0.4, -0.2) is 12.1 Å². The normalized spacial score (nSPS) is 35.2. The van der Waals surface area contributed by atoms with E-state index in [9.17, 15) is 4.79 Å². The lowest BCUT2D eigenvalue weighted by Gasteiger charge is -2.69. The predicted octanol–water partition coefficient (Wildman–Crippen LogP) is 18.0. The third-order valence-electron chi connectivity index (χ3n) is 19.3. The predicted molar refractivity (Wildman–Crippen MR) is 251 cm³/mol. The van der Waals surface area contributed by atoms with Gasteiger partial charge in [0.25, 0.3) is 0 Å². The lowest BCUT2D eigenvalue weighted by molar-refractivity contribution is -0.182. The molecule has 0 spiro atoms. The van der Waals surface area contributed by atoms with Gasteiger partial charge >= 0.3 is 5.97 Å². The first-order chi connectivity index (χ1) is 27.7. The Kier molecular flexibility index (Phi) is 18.3. The minimum absolute atomic E-state index is 0.0157. The average molecular weight is 805 g/mol. The van der Waals surface area contributed by atoms with Crippen LogP contribution in [0.4, 0.5) is 0 Å². The summed E-state index contributed by atoms with van der Waals surface area (Å²) in [4.78, 5) is 13.3. The molecule has 0 saturated heterocycles. The Labute approximate surface area is 362 Å². The molecule has 2 nitrogen and oxygen atoms in total. The van der Waals surface area contributed by atoms with Crippen molar-refractivity contribution in [1.82, 2.24) is 0 Å². The van der Waals surface area contributed by atoms with Gasteiger partial charge in [-0.3, -0.25) is 4.79 Å². The van der Waals surface area contributed by atoms with Gasteiger partial charge in [0, 0.05) is 11.8 Å². The van der Waals surface area contributed by atoms with Crippen LogP contribution in [0.3, 0.4) is 0 Å². The van der Waals surface area contributed by atoms with Crippen molar-refractivity contribution >= 4 is 5.97 Å². The summed E-state index contributed by atoms with van der Waals surface area (Å²) in [6.07, 6.45) is 47.5. The molecular formula is C56H100O2. The lowest BCUT2D eigenvalue weighted by Crippen LogP contribution is -2.62. The van der Waals surface area contributed by atoms with Crippen LogP contribution in [0.15, 0.2) is 11.6 Å². The van der Waals surface area contributed by atoms with Gasteiger partial charge in [-0.15, -0.1) is 0 Å². The molecule has 5 aliphatic rings. The number of hydrogen-bond donors (Lipinski definition) is 0. The molecule has 2 heteroatoms. The summed E-state index contributed by atoms with van der Waals surface area (Å²) in [6, 6.07) is 0. The van der Waals surface area contributed by atoms with E-state index < -0.39 is 0 Å². The molecular weight excluding hydrogens is 705 g/mol. The van der Waals surface area contributed by atoms with Crippen LogP contribution in [0, 0.1) is 56.7 Å². The fourth-order valence-electron chi connectivity index (χ4n) is 15.5. The van der Waals surface area contributed by atoms with Crippen molar-refractivity contribution in [3.05, 3.63) is 11.6 Å². The number of unbranched alkanes of at least 4 members (excludes halogenated alkanes) is 22. The van der Waals surface area contributed by atoms with Crippen molar-refractivity contribution in [2.24, 2.45) is 56.7 Å². The van der Waals surface area contributed by atoms with E-state index in [4.69, 9.17) is 4.74 Å². The van der Waals surface area contributed by atoms with E-state index in [2.05, 4.69) is 68.4 Å². The van der Waals surface area contributed by atoms with Crippen LogP contribution in [0.2, 0.25) is 0 Å². The van der Waals surface area contributed by atoms with Crippen LogP contribution in [-0.2, 0) is 9.53 Å². The molecule has 9 atom stereocenters. The number of esters is 1. The summed E-state index contributed by atoms with van der Waals surface area (Å²) in [5.74, 6) is 3.90. The molecule has 0 amide bonds. The molecule has 0 aromatic rings. The number of fused-ring (bicyclic) bond motifs is 7. The molecule has 0 N–H and O–H groups in total. The van der Waals surface area contributed by atoms with Gasteiger partial charge in [-0.1, -0.05) is 215 Å². The topological polar surface area (TPSA) is 26.3 Å². The van der Waals surface area contributed by atoms with Gasteiger partial charge in [0.1, 0.15) is 6.10 Å². The highest BCUT2D eigenvalue weighted by Gasteiger charge is 2.68. The van der Waals surface area contributed by atoms with Crippen LogP contribution in [0.5, 0.6) is 0 Å². The summed E-state index contributed by atoms with van der Waals surface area (Å²) in [5.41, 5.74) is 3.40. The van der Waals surface area contributed by atoms with Crippen molar-refractivity contribution in [3.8, 4) is 0 Å². The quantitative estimate of drug-likeness (QED) is 0.0494. The maximum atomic E-state index is 13.3. The SMILES string of the molecule is CCCCCCCCCCCCCCCCCCCCCCCCCC(=O)OC1CCC2(C)C3=CCC4(C)C5C(C(C)C)CCC5(C)CCC4(C)C3CCC2C1(C)C. The van der Waals surface area contributed by atoms with E-state index in [1.54, 1.807) is 0 Å². The second-order valence-corrected chi connectivity index (χ2v) is 23.7. The Morgan fingerprint density at radius 1 is 0.603 bits per heavy atom. The number of allylic oxidation sites excluding steroid dienone is 2. The highest BCUT2D eigenvalue weighted by Crippen LogP contribution is 2.76. The number of hydrogen-bond acceptors (Lipinski definition) is 2. The van der Waals surface area contributed by atoms with Crippen molar-refractivity contribution < 1.29 is 9.53 Å². The number of carbonyl (C=O) groups excluding carboxylic acids is 1. The monoisotopic (exact) mass is 805 g/mol. The van der Waals surface area contributed by atoms with E-state index in [-0.39, 0.29) is 22.9 Å². The van der Waals surface area contributed by atoms with Crippen molar-refractivity contribution in [3.63, 3.8) is 0 Å². The molecule has 0 heterocycles. The smallest absolute Gasteiger partial charge is 0.306 e. The third kappa shape index (κ3) is 11.0. The van der Waals surface area contributed by atoms with Gasteiger partial charge in [0.05, 0.1) is 0 Å². The third-order valence-corrected chi connectivity index (χ3v) is 19.3. The minimum atomic E-state index is 0.0157. The van der Waals surface area contributed by atoms with Crippen molar-refractivity contribution in [2.75, 3.05) is 0 Å². The highest BCUT2D eigenvalue weighted by molar-refractivity contribution is 5.69. The standard InChI is InChI=1S/C56H100O2/c1-10-11-12-13-14-15-16-17-18-19-20-21-22-23-24-25-26-27-28-29-30-31-32-33-50(57)58-49-38-40-54(7)46-37-41-56(9)51-45(44(2)3)36-39-53(51,6)42-43-55(56,8)47(46)34-35-48(54)52(49,4)5/h37,44-45,47-49,51H,10-36,38-43H2,1-9H3. The Hall–Kier alpha value is -0.790. The Morgan fingerprint density at radius 2 is 1.10 bits per heavy atom. The maximum Gasteiger partial charge on any atom is 0.306 e. The Morgan fingerprint density at radius 3 is 1.60 bits per heavy atom. The summed E-state index contributed by atoms with van der Waals surface area (Å²) in [6.45, 7) is 23.1. The van der Waals surface area contributed by atoms with Crippen LogP contribution in [0.25, 0.3) is 0 Å². The number of rotatable bonds is 26. The molecule has 0 aromatic carbocycles. The second-order valence-electron chi connectivity index (χ2n) is 23.7. The summed E-state index contributed by atoms with van der Waals surface area (Å²) < 4.78 is 6.44. The fraction of sp³-hybridized carbons (Fsp3) is 0.946. The molecule has 4 fully saturated rings. The van der Waals surface area contributed by atoms with Gasteiger partial charge in [0.2, 0.25) is 0 Å². The Balaban J connectivity index is 0.925. The molecule has 5 rings (SSSR count). The van der Waals surface area contributed by atoms with Gasteiger partial charge < -0.3 is 4.74 Å². The van der Waals surface area contributed by atoms with Crippen LogP contribution < -0.4 is 0 Å². The number of ether oxygens (including phenoxy) is 1. The fourth-order valence-corrected chi connectivity index (χ4v) is 15.5. The van der Waals surface area contributed by atoms with E-state index in [1.165, 1.54) is 193 Å². The second kappa shape index (κ2) is 22.0.